The Bertz CT molecular complexity index is 2750. The lowest BCUT2D eigenvalue weighted by Gasteiger charge is -2.16. The van der Waals surface area contributed by atoms with E-state index in [9.17, 15) is 19.2 Å². The van der Waals surface area contributed by atoms with Crippen LogP contribution in [-0.4, -0.2) is 117 Å². The largest absolute Gasteiger partial charge is 0.494 e. The molecule has 4 aromatic heterocycles. The summed E-state index contributed by atoms with van der Waals surface area (Å²) in [4.78, 5) is 57.7. The number of carbonyl (C=O) groups is 4. The first kappa shape index (κ1) is 48.1. The standard InChI is InChI=1S/C25H34N8O4Si.C19H20N8O3/c1-26-25(35)21-19(13-20(30-31-21)29-24(34)16-9-10-16)28-18-8-6-7-17(22(18)36-2)23-27-14-33(32-23)15-37-11-12-38(3,4)5;1-20-19(29)15-13(8-14(25-26-15)24-18(28)10-6-7-10)23-12-5-3-4-11(16(12)30-2)17-21-9-22-27-17/h6-8,13-14,16H,9-12,15H2,1-5H3,(H,26,35)(H2,28,29,30,34);3-5,8-10H,6-7H2,1-2H3,(H,20,29)(H,21,22,27)(H2,23,24,25,28). The summed E-state index contributed by atoms with van der Waals surface area (Å²) in [6, 6.07) is 15.1. The molecule has 23 nitrogen and oxygen atoms in total. The number of rotatable bonds is 19. The fraction of sp³-hybridized carbons (Fsp3) is 0.364. The van der Waals surface area contributed by atoms with Gasteiger partial charge in [-0.2, -0.15) is 5.10 Å². The number of hydrogen-bond acceptors (Lipinski definition) is 17. The van der Waals surface area contributed by atoms with E-state index in [0.717, 1.165) is 31.7 Å². The van der Waals surface area contributed by atoms with Crippen molar-refractivity contribution in [2.45, 2.75) is 58.1 Å². The number of aromatic nitrogens is 10. The van der Waals surface area contributed by atoms with Gasteiger partial charge in [-0.15, -0.1) is 25.5 Å². The average Bonchev–Trinajstić information content (AvgIpc) is 4.26. The van der Waals surface area contributed by atoms with Crippen LogP contribution < -0.4 is 41.4 Å². The Kier molecular flexibility index (Phi) is 15.3. The molecule has 7 N–H and O–H groups in total. The summed E-state index contributed by atoms with van der Waals surface area (Å²) < 4.78 is 18.7. The summed E-state index contributed by atoms with van der Waals surface area (Å²) in [6.07, 6.45) is 6.48. The number of para-hydroxylation sites is 2. The quantitative estimate of drug-likeness (QED) is 0.0404. The van der Waals surface area contributed by atoms with Crippen molar-refractivity contribution >= 4 is 66.1 Å². The molecule has 2 aliphatic rings. The summed E-state index contributed by atoms with van der Waals surface area (Å²) in [6.45, 7) is 7.92. The van der Waals surface area contributed by atoms with Gasteiger partial charge in [-0.25, -0.2) is 14.6 Å². The summed E-state index contributed by atoms with van der Waals surface area (Å²) in [5.41, 5.74) is 3.35. The van der Waals surface area contributed by atoms with Crippen LogP contribution >= 0.6 is 0 Å². The molecule has 6 aromatic rings. The van der Waals surface area contributed by atoms with Gasteiger partial charge in [0.05, 0.1) is 48.1 Å². The smallest absolute Gasteiger partial charge is 0.273 e. The van der Waals surface area contributed by atoms with Gasteiger partial charge in [-0.1, -0.05) is 31.8 Å². The van der Waals surface area contributed by atoms with Crippen LogP contribution in [0.5, 0.6) is 11.5 Å². The van der Waals surface area contributed by atoms with Crippen molar-refractivity contribution in [2.75, 3.05) is 56.2 Å². The monoisotopic (exact) mass is 946 g/mol. The van der Waals surface area contributed by atoms with Gasteiger partial charge < -0.3 is 46.1 Å². The highest BCUT2D eigenvalue weighted by atomic mass is 28.3. The predicted molar refractivity (Wildman–Crippen MR) is 255 cm³/mol. The lowest BCUT2D eigenvalue weighted by molar-refractivity contribution is -0.118. The summed E-state index contributed by atoms with van der Waals surface area (Å²) in [5.74, 6) is 1.45. The Hall–Kier alpha value is -7.86. The molecule has 2 saturated carbocycles. The number of aromatic amines is 1. The van der Waals surface area contributed by atoms with E-state index in [4.69, 9.17) is 14.2 Å². The van der Waals surface area contributed by atoms with Crippen LogP contribution in [0.25, 0.3) is 22.8 Å². The highest BCUT2D eigenvalue weighted by molar-refractivity contribution is 6.76. The van der Waals surface area contributed by atoms with Crippen molar-refractivity contribution < 1.29 is 33.4 Å². The van der Waals surface area contributed by atoms with E-state index < -0.39 is 19.9 Å². The third kappa shape index (κ3) is 12.3. The van der Waals surface area contributed by atoms with Gasteiger partial charge in [0.1, 0.15) is 19.4 Å². The molecule has 8 rings (SSSR count). The molecule has 2 aromatic carbocycles. The molecule has 24 heteroatoms. The highest BCUT2D eigenvalue weighted by Crippen LogP contribution is 2.39. The van der Waals surface area contributed by atoms with Crippen molar-refractivity contribution in [3.63, 3.8) is 0 Å². The zero-order chi connectivity index (χ0) is 48.4. The molecule has 0 spiro atoms. The van der Waals surface area contributed by atoms with Crippen LogP contribution in [0.1, 0.15) is 46.7 Å². The van der Waals surface area contributed by atoms with Gasteiger partial charge in [0, 0.05) is 52.7 Å². The van der Waals surface area contributed by atoms with Gasteiger partial charge in [0.15, 0.2) is 46.2 Å². The van der Waals surface area contributed by atoms with E-state index in [0.29, 0.717) is 70.4 Å². The van der Waals surface area contributed by atoms with E-state index in [1.807, 2.05) is 24.3 Å². The maximum atomic E-state index is 12.5. The molecule has 0 bridgehead atoms. The van der Waals surface area contributed by atoms with Gasteiger partial charge in [0.2, 0.25) is 11.8 Å². The molecular weight excluding hydrogens is 893 g/mol. The molecule has 2 fully saturated rings. The summed E-state index contributed by atoms with van der Waals surface area (Å²) in [5, 5.41) is 44.2. The van der Waals surface area contributed by atoms with Crippen molar-refractivity contribution in [1.29, 1.82) is 0 Å². The lowest BCUT2D eigenvalue weighted by atomic mass is 10.1. The SMILES string of the molecule is CNC(=O)c1nnc(NC(=O)C2CC2)cc1Nc1cccc(-c2ncn(COCC[Si](C)(C)C)n2)c1OC.CNC(=O)c1nnc(NC(=O)C2CC2)cc1Nc1cccc(-c2ncn[nH]2)c1OC. The number of benzene rings is 2. The summed E-state index contributed by atoms with van der Waals surface area (Å²) in [7, 11) is 4.92. The average molecular weight is 947 g/mol. The molecule has 356 valence electrons. The molecule has 0 unspecified atom stereocenters. The van der Waals surface area contributed by atoms with Crippen LogP contribution in [0, 0.1) is 11.8 Å². The zero-order valence-electron chi connectivity index (χ0n) is 38.8. The Morgan fingerprint density at radius 2 is 1.25 bits per heavy atom. The van der Waals surface area contributed by atoms with E-state index in [2.05, 4.69) is 97.2 Å². The minimum Gasteiger partial charge on any atom is -0.494 e. The van der Waals surface area contributed by atoms with Crippen LogP contribution in [0.3, 0.4) is 0 Å². The molecule has 0 atom stereocenters. The molecular formula is C44H54N16O7Si. The fourth-order valence-corrected chi connectivity index (χ4v) is 7.29. The first-order chi connectivity index (χ1) is 32.8. The number of hydrogen-bond donors (Lipinski definition) is 7. The Morgan fingerprint density at radius 1 is 0.721 bits per heavy atom. The van der Waals surface area contributed by atoms with Crippen molar-refractivity contribution in [3.8, 4) is 34.3 Å². The van der Waals surface area contributed by atoms with Crippen LogP contribution in [0.4, 0.5) is 34.4 Å². The van der Waals surface area contributed by atoms with Crippen molar-refractivity contribution in [3.05, 3.63) is 72.6 Å². The van der Waals surface area contributed by atoms with Crippen LogP contribution in [-0.2, 0) is 21.1 Å². The molecule has 68 heavy (non-hydrogen) atoms. The lowest BCUT2D eigenvalue weighted by Crippen LogP contribution is -2.22. The third-order valence-electron chi connectivity index (χ3n) is 10.5. The maximum absolute atomic E-state index is 12.5. The van der Waals surface area contributed by atoms with Crippen molar-refractivity contribution in [2.24, 2.45) is 11.8 Å². The number of H-pyrrole nitrogens is 1. The first-order valence-corrected chi connectivity index (χ1v) is 25.5. The number of methoxy groups -OCH3 is 2. The van der Waals surface area contributed by atoms with Gasteiger partial charge >= 0.3 is 0 Å². The molecule has 0 aliphatic heterocycles. The number of anilines is 6. The maximum Gasteiger partial charge on any atom is 0.273 e. The molecule has 0 radical (unpaired) electrons. The molecule has 2 aliphatic carbocycles. The summed E-state index contributed by atoms with van der Waals surface area (Å²) >= 11 is 0. The Labute approximate surface area is 392 Å². The second-order valence-electron chi connectivity index (χ2n) is 17.0. The number of amides is 4. The third-order valence-corrected chi connectivity index (χ3v) is 12.2. The Morgan fingerprint density at radius 3 is 1.72 bits per heavy atom. The van der Waals surface area contributed by atoms with Gasteiger partial charge in [-0.3, -0.25) is 24.3 Å². The fourth-order valence-electron chi connectivity index (χ4n) is 6.53. The number of nitrogens with one attached hydrogen (secondary N) is 7. The van der Waals surface area contributed by atoms with E-state index >= 15 is 0 Å². The number of nitrogens with zero attached hydrogens (tertiary/aromatic N) is 9. The van der Waals surface area contributed by atoms with Gasteiger partial charge in [0.25, 0.3) is 11.8 Å². The highest BCUT2D eigenvalue weighted by Gasteiger charge is 2.31. The number of ether oxygens (including phenoxy) is 3. The molecule has 4 amide bonds. The zero-order valence-corrected chi connectivity index (χ0v) is 39.8. The van der Waals surface area contributed by atoms with E-state index in [1.54, 1.807) is 42.4 Å². The Balaban J connectivity index is 0.000000207. The predicted octanol–water partition coefficient (Wildman–Crippen LogP) is 5.23. The van der Waals surface area contributed by atoms with Crippen LogP contribution in [0.15, 0.2) is 61.2 Å². The molecule has 0 saturated heterocycles. The normalized spacial score (nSPS) is 13.0. The topological polar surface area (TPSA) is 292 Å². The minimum atomic E-state index is -1.17. The minimum absolute atomic E-state index is 0.00153. The van der Waals surface area contributed by atoms with Crippen molar-refractivity contribution in [1.82, 2.24) is 61.0 Å². The van der Waals surface area contributed by atoms with Crippen LogP contribution in [0.2, 0.25) is 25.7 Å². The van der Waals surface area contributed by atoms with E-state index in [-0.39, 0.29) is 46.7 Å². The first-order valence-electron chi connectivity index (χ1n) is 21.8. The van der Waals surface area contributed by atoms with E-state index in [1.165, 1.54) is 27.5 Å². The second-order valence-corrected chi connectivity index (χ2v) is 22.6. The molecule has 4 heterocycles. The second kappa shape index (κ2) is 21.6. The number of carbonyl (C=O) groups excluding carboxylic acids is 4. The van der Waals surface area contributed by atoms with Gasteiger partial charge in [-0.05, 0) is 56.0 Å².